The molecule has 0 spiro atoms. The summed E-state index contributed by atoms with van der Waals surface area (Å²) >= 11 is 0. The molecule has 0 saturated heterocycles. The van der Waals surface area contributed by atoms with Crippen LogP contribution < -0.4 is 15.6 Å². The Labute approximate surface area is 162 Å². The average Bonchev–Trinajstić information content (AvgIpc) is 3.04. The van der Waals surface area contributed by atoms with Crippen LogP contribution in [0.2, 0.25) is 0 Å². The van der Waals surface area contributed by atoms with Crippen molar-refractivity contribution in [2.24, 2.45) is 5.92 Å². The predicted octanol–water partition coefficient (Wildman–Crippen LogP) is 2.66. The van der Waals surface area contributed by atoms with E-state index in [2.05, 4.69) is 17.3 Å². The summed E-state index contributed by atoms with van der Waals surface area (Å²) in [5, 5.41) is 7.37. The van der Waals surface area contributed by atoms with Crippen LogP contribution in [0.1, 0.15) is 31.5 Å². The van der Waals surface area contributed by atoms with Gasteiger partial charge in [0.1, 0.15) is 17.8 Å². The van der Waals surface area contributed by atoms with Crippen molar-refractivity contribution in [2.75, 3.05) is 11.9 Å². The second-order valence-electron chi connectivity index (χ2n) is 7.30. The van der Waals surface area contributed by atoms with Crippen molar-refractivity contribution in [3.8, 4) is 5.75 Å². The standard InChI is InChI=1S/C21H24N4O3/c1-3-28-16-7-5-15(6-8-16)22-19(26)13-24-10-11-25-20(21(24)27)17-12-14(2)4-9-18(17)23-25/h5-8,10-11,14H,3-4,9,12-13H2,1-2H3,(H,22,26). The first-order valence-electron chi connectivity index (χ1n) is 9.67. The minimum absolute atomic E-state index is 0.0436. The molecule has 1 amide bonds. The number of ether oxygens (including phenoxy) is 1. The summed E-state index contributed by atoms with van der Waals surface area (Å²) in [4.78, 5) is 25.4. The lowest BCUT2D eigenvalue weighted by Gasteiger charge is -2.16. The normalized spacial score (nSPS) is 16.0. The van der Waals surface area contributed by atoms with Gasteiger partial charge in [0, 0.05) is 23.6 Å². The second-order valence-corrected chi connectivity index (χ2v) is 7.30. The Kier molecular flexibility index (Phi) is 4.90. The zero-order valence-corrected chi connectivity index (χ0v) is 16.1. The zero-order chi connectivity index (χ0) is 19.7. The van der Waals surface area contributed by atoms with E-state index in [4.69, 9.17) is 4.74 Å². The number of nitrogens with one attached hydrogen (secondary N) is 1. The first kappa shape index (κ1) is 18.3. The van der Waals surface area contributed by atoms with Gasteiger partial charge in [-0.1, -0.05) is 6.92 Å². The smallest absolute Gasteiger partial charge is 0.277 e. The number of fused-ring (bicyclic) bond motifs is 3. The number of aryl methyl sites for hydroxylation is 1. The molecule has 0 bridgehead atoms. The number of carbonyl (C=O) groups is 1. The van der Waals surface area contributed by atoms with Crippen LogP contribution in [0.25, 0.3) is 5.52 Å². The van der Waals surface area contributed by atoms with Gasteiger partial charge in [-0.3, -0.25) is 9.59 Å². The maximum Gasteiger partial charge on any atom is 0.277 e. The van der Waals surface area contributed by atoms with Gasteiger partial charge in [-0.2, -0.15) is 5.10 Å². The Morgan fingerprint density at radius 1 is 1.29 bits per heavy atom. The summed E-state index contributed by atoms with van der Waals surface area (Å²) < 4.78 is 8.50. The van der Waals surface area contributed by atoms with Gasteiger partial charge in [0.15, 0.2) is 0 Å². The van der Waals surface area contributed by atoms with Crippen molar-refractivity contribution in [1.29, 1.82) is 0 Å². The Morgan fingerprint density at radius 3 is 2.82 bits per heavy atom. The highest BCUT2D eigenvalue weighted by Crippen LogP contribution is 2.26. The largest absolute Gasteiger partial charge is 0.494 e. The van der Waals surface area contributed by atoms with Crippen LogP contribution in [-0.2, 0) is 24.2 Å². The van der Waals surface area contributed by atoms with E-state index in [0.29, 0.717) is 23.7 Å². The molecule has 1 aliphatic rings. The molecule has 0 saturated carbocycles. The summed E-state index contributed by atoms with van der Waals surface area (Å²) in [6.07, 6.45) is 6.22. The molecule has 3 aromatic rings. The molecule has 1 aliphatic carbocycles. The van der Waals surface area contributed by atoms with Gasteiger partial charge >= 0.3 is 0 Å². The number of rotatable bonds is 5. The third-order valence-corrected chi connectivity index (χ3v) is 5.13. The lowest BCUT2D eigenvalue weighted by Crippen LogP contribution is -2.28. The number of aromatic nitrogens is 3. The lowest BCUT2D eigenvalue weighted by molar-refractivity contribution is -0.116. The van der Waals surface area contributed by atoms with Crippen LogP contribution in [0.15, 0.2) is 41.5 Å². The summed E-state index contributed by atoms with van der Waals surface area (Å²) in [6, 6.07) is 7.17. The SMILES string of the molecule is CCOc1ccc(NC(=O)Cn2ccn3nc4c(c3c2=O)CC(C)CC4)cc1. The van der Waals surface area contributed by atoms with E-state index in [1.807, 2.05) is 6.92 Å². The number of anilines is 1. The van der Waals surface area contributed by atoms with Gasteiger partial charge in [0.05, 0.1) is 12.3 Å². The number of nitrogens with zero attached hydrogens (tertiary/aromatic N) is 3. The lowest BCUT2D eigenvalue weighted by atomic mass is 9.88. The van der Waals surface area contributed by atoms with E-state index in [1.165, 1.54) is 4.57 Å². The van der Waals surface area contributed by atoms with E-state index >= 15 is 0 Å². The predicted molar refractivity (Wildman–Crippen MR) is 107 cm³/mol. The van der Waals surface area contributed by atoms with Crippen molar-refractivity contribution in [1.82, 2.24) is 14.2 Å². The molecule has 0 aliphatic heterocycles. The van der Waals surface area contributed by atoms with Crippen molar-refractivity contribution < 1.29 is 9.53 Å². The summed E-state index contributed by atoms with van der Waals surface area (Å²) in [7, 11) is 0. The number of hydrogen-bond acceptors (Lipinski definition) is 4. The zero-order valence-electron chi connectivity index (χ0n) is 16.1. The Balaban J connectivity index is 1.54. The fraction of sp³-hybridized carbons (Fsp3) is 0.381. The van der Waals surface area contributed by atoms with Crippen molar-refractivity contribution in [3.05, 3.63) is 58.3 Å². The monoisotopic (exact) mass is 380 g/mol. The molecule has 1 atom stereocenters. The average molecular weight is 380 g/mol. The highest BCUT2D eigenvalue weighted by molar-refractivity contribution is 5.90. The molecule has 1 unspecified atom stereocenters. The van der Waals surface area contributed by atoms with Crippen LogP contribution in [0.4, 0.5) is 5.69 Å². The second kappa shape index (κ2) is 7.50. The first-order valence-corrected chi connectivity index (χ1v) is 9.67. The van der Waals surface area contributed by atoms with E-state index < -0.39 is 0 Å². The number of benzene rings is 1. The third-order valence-electron chi connectivity index (χ3n) is 5.13. The molecule has 1 N–H and O–H groups in total. The topological polar surface area (TPSA) is 77.6 Å². The van der Waals surface area contributed by atoms with Crippen molar-refractivity contribution in [3.63, 3.8) is 0 Å². The molecule has 2 heterocycles. The molecular formula is C21H24N4O3. The van der Waals surface area contributed by atoms with Gasteiger partial charge in [-0.05, 0) is 56.4 Å². The maximum atomic E-state index is 13.0. The van der Waals surface area contributed by atoms with Gasteiger partial charge in [-0.25, -0.2) is 4.52 Å². The maximum absolute atomic E-state index is 13.0. The molecular weight excluding hydrogens is 356 g/mol. The van der Waals surface area contributed by atoms with Crippen LogP contribution in [-0.4, -0.2) is 26.7 Å². The van der Waals surface area contributed by atoms with E-state index in [1.54, 1.807) is 41.2 Å². The highest BCUT2D eigenvalue weighted by atomic mass is 16.5. The highest BCUT2D eigenvalue weighted by Gasteiger charge is 2.23. The molecule has 146 valence electrons. The van der Waals surface area contributed by atoms with Gasteiger partial charge in [0.25, 0.3) is 5.56 Å². The van der Waals surface area contributed by atoms with Crippen molar-refractivity contribution in [2.45, 2.75) is 39.7 Å². The summed E-state index contributed by atoms with van der Waals surface area (Å²) in [5.74, 6) is 1.04. The number of hydrogen-bond donors (Lipinski definition) is 1. The molecule has 4 rings (SSSR count). The molecule has 1 aromatic carbocycles. The summed E-state index contributed by atoms with van der Waals surface area (Å²) in [5.41, 5.74) is 3.13. The van der Waals surface area contributed by atoms with E-state index in [-0.39, 0.29) is 18.0 Å². The van der Waals surface area contributed by atoms with E-state index in [0.717, 1.165) is 36.3 Å². The van der Waals surface area contributed by atoms with Gasteiger partial charge < -0.3 is 14.6 Å². The van der Waals surface area contributed by atoms with Crippen LogP contribution in [0.5, 0.6) is 5.75 Å². The Bertz CT molecular complexity index is 1070. The minimum atomic E-state index is -0.252. The molecule has 0 fully saturated rings. The van der Waals surface area contributed by atoms with E-state index in [9.17, 15) is 9.59 Å². The molecule has 2 aromatic heterocycles. The van der Waals surface area contributed by atoms with Crippen molar-refractivity contribution >= 4 is 17.1 Å². The van der Waals surface area contributed by atoms with Gasteiger partial charge in [-0.15, -0.1) is 0 Å². The van der Waals surface area contributed by atoms with Gasteiger partial charge in [0.2, 0.25) is 5.91 Å². The minimum Gasteiger partial charge on any atom is -0.494 e. The fourth-order valence-corrected chi connectivity index (χ4v) is 3.73. The Hall–Kier alpha value is -3.09. The van der Waals surface area contributed by atoms with Crippen LogP contribution in [0, 0.1) is 5.92 Å². The Morgan fingerprint density at radius 2 is 2.07 bits per heavy atom. The van der Waals surface area contributed by atoms with Crippen LogP contribution >= 0.6 is 0 Å². The van der Waals surface area contributed by atoms with Crippen LogP contribution in [0.3, 0.4) is 0 Å². The molecule has 0 radical (unpaired) electrons. The fourth-order valence-electron chi connectivity index (χ4n) is 3.73. The molecule has 7 heteroatoms. The third kappa shape index (κ3) is 3.52. The molecule has 7 nitrogen and oxygen atoms in total. The number of carbonyl (C=O) groups excluding carboxylic acids is 1. The summed E-state index contributed by atoms with van der Waals surface area (Å²) in [6.45, 7) is 4.66. The number of amides is 1. The quantitative estimate of drug-likeness (QED) is 0.738. The molecule has 28 heavy (non-hydrogen) atoms. The first-order chi connectivity index (χ1) is 13.5.